The second-order valence-electron chi connectivity index (χ2n) is 4.24. The van der Waals surface area contributed by atoms with Crippen molar-refractivity contribution in [3.63, 3.8) is 0 Å². The number of urea groups is 1. The average molecular weight is 241 g/mol. The highest BCUT2D eigenvalue weighted by atomic mass is 16.2. The van der Waals surface area contributed by atoms with Crippen LogP contribution in [0.3, 0.4) is 0 Å². The van der Waals surface area contributed by atoms with Crippen LogP contribution in [0, 0.1) is 0 Å². The third-order valence-electron chi connectivity index (χ3n) is 3.12. The van der Waals surface area contributed by atoms with E-state index in [0.29, 0.717) is 26.1 Å². The molecular formula is C12H23N3O2. The van der Waals surface area contributed by atoms with Crippen molar-refractivity contribution >= 4 is 11.9 Å². The van der Waals surface area contributed by atoms with Crippen molar-refractivity contribution in [2.75, 3.05) is 32.7 Å². The van der Waals surface area contributed by atoms with Crippen molar-refractivity contribution in [3.8, 4) is 0 Å². The van der Waals surface area contributed by atoms with Gasteiger partial charge in [0.1, 0.15) is 0 Å². The van der Waals surface area contributed by atoms with Crippen LogP contribution >= 0.6 is 0 Å². The summed E-state index contributed by atoms with van der Waals surface area (Å²) in [5.41, 5.74) is 0. The number of hydrogen-bond acceptors (Lipinski definition) is 2. The van der Waals surface area contributed by atoms with Gasteiger partial charge >= 0.3 is 6.03 Å². The Morgan fingerprint density at radius 1 is 1.18 bits per heavy atom. The fraction of sp³-hybridized carbons (Fsp3) is 0.833. The molecule has 0 aliphatic carbocycles. The van der Waals surface area contributed by atoms with Crippen LogP contribution < -0.4 is 5.32 Å². The van der Waals surface area contributed by atoms with Gasteiger partial charge in [-0.25, -0.2) is 4.79 Å². The summed E-state index contributed by atoms with van der Waals surface area (Å²) in [5, 5.41) is 2.78. The van der Waals surface area contributed by atoms with Crippen LogP contribution in [0.4, 0.5) is 4.79 Å². The van der Waals surface area contributed by atoms with Crippen LogP contribution in [0.25, 0.3) is 0 Å². The van der Waals surface area contributed by atoms with Crippen LogP contribution in [0.1, 0.15) is 33.1 Å². The molecule has 0 atom stereocenters. The summed E-state index contributed by atoms with van der Waals surface area (Å²) in [6.45, 7) is 7.47. The van der Waals surface area contributed by atoms with Gasteiger partial charge in [-0.15, -0.1) is 0 Å². The van der Waals surface area contributed by atoms with Gasteiger partial charge < -0.3 is 15.1 Å². The van der Waals surface area contributed by atoms with Gasteiger partial charge in [-0.05, 0) is 26.7 Å². The minimum atomic E-state index is -0.0794. The Morgan fingerprint density at radius 3 is 2.29 bits per heavy atom. The molecule has 0 radical (unpaired) electrons. The van der Waals surface area contributed by atoms with Crippen molar-refractivity contribution in [1.29, 1.82) is 0 Å². The smallest absolute Gasteiger partial charge is 0.317 e. The first-order valence-corrected chi connectivity index (χ1v) is 6.49. The van der Waals surface area contributed by atoms with Gasteiger partial charge in [0.15, 0.2) is 0 Å². The van der Waals surface area contributed by atoms with Crippen molar-refractivity contribution in [1.82, 2.24) is 15.1 Å². The molecule has 0 unspecified atom stereocenters. The topological polar surface area (TPSA) is 52.7 Å². The van der Waals surface area contributed by atoms with Crippen LogP contribution in [-0.4, -0.2) is 54.5 Å². The van der Waals surface area contributed by atoms with E-state index in [9.17, 15) is 9.59 Å². The van der Waals surface area contributed by atoms with Crippen LogP contribution in [-0.2, 0) is 4.79 Å². The maximum Gasteiger partial charge on any atom is 0.317 e. The normalized spacial score (nSPS) is 14.8. The molecule has 0 aromatic carbocycles. The highest BCUT2D eigenvalue weighted by molar-refractivity contribution is 5.78. The fourth-order valence-corrected chi connectivity index (χ4v) is 2.02. The highest BCUT2D eigenvalue weighted by Gasteiger charge is 2.17. The molecule has 0 saturated carbocycles. The average Bonchev–Trinajstić information content (AvgIpc) is 2.84. The van der Waals surface area contributed by atoms with Crippen molar-refractivity contribution in [2.24, 2.45) is 0 Å². The summed E-state index contributed by atoms with van der Waals surface area (Å²) in [7, 11) is 0. The molecule has 5 heteroatoms. The summed E-state index contributed by atoms with van der Waals surface area (Å²) in [5.74, 6) is 0.155. The lowest BCUT2D eigenvalue weighted by Gasteiger charge is -2.20. The Kier molecular flexibility index (Phi) is 5.80. The Bertz CT molecular complexity index is 244. The Balaban J connectivity index is 2.18. The van der Waals surface area contributed by atoms with Crippen molar-refractivity contribution in [2.45, 2.75) is 33.1 Å². The largest absolute Gasteiger partial charge is 0.343 e. The summed E-state index contributed by atoms with van der Waals surface area (Å²) >= 11 is 0. The lowest BCUT2D eigenvalue weighted by atomic mass is 10.3. The minimum absolute atomic E-state index is 0.0794. The Morgan fingerprint density at radius 2 is 1.76 bits per heavy atom. The van der Waals surface area contributed by atoms with Gasteiger partial charge in [-0.2, -0.15) is 0 Å². The predicted molar refractivity (Wildman–Crippen MR) is 66.8 cm³/mol. The predicted octanol–water partition coefficient (Wildman–Crippen LogP) is 1.05. The molecule has 1 heterocycles. The standard InChI is InChI=1S/C12H23N3O2/c1-3-14(4-2)12(17)13-8-7-11(16)15-9-5-6-10-15/h3-10H2,1-2H3,(H,13,17). The third-order valence-corrected chi connectivity index (χ3v) is 3.12. The van der Waals surface area contributed by atoms with E-state index in [2.05, 4.69) is 5.32 Å². The third kappa shape index (κ3) is 4.24. The lowest BCUT2D eigenvalue weighted by Crippen LogP contribution is -2.41. The zero-order valence-electron chi connectivity index (χ0n) is 10.9. The lowest BCUT2D eigenvalue weighted by molar-refractivity contribution is -0.129. The van der Waals surface area contributed by atoms with E-state index in [1.165, 1.54) is 0 Å². The molecule has 5 nitrogen and oxygen atoms in total. The van der Waals surface area contributed by atoms with E-state index < -0.39 is 0 Å². The molecule has 1 aliphatic rings. The molecule has 0 aromatic rings. The van der Waals surface area contributed by atoms with E-state index in [1.54, 1.807) is 4.90 Å². The Hall–Kier alpha value is -1.26. The minimum Gasteiger partial charge on any atom is -0.343 e. The van der Waals surface area contributed by atoms with Gasteiger partial charge in [-0.3, -0.25) is 4.79 Å². The quantitative estimate of drug-likeness (QED) is 0.782. The number of nitrogens with one attached hydrogen (secondary N) is 1. The molecule has 1 aliphatic heterocycles. The van der Waals surface area contributed by atoms with Crippen molar-refractivity contribution < 1.29 is 9.59 Å². The number of likely N-dealkylation sites (tertiary alicyclic amines) is 1. The van der Waals surface area contributed by atoms with Crippen LogP contribution in [0.15, 0.2) is 0 Å². The van der Waals surface area contributed by atoms with Gasteiger partial charge in [0, 0.05) is 39.1 Å². The van der Waals surface area contributed by atoms with Crippen molar-refractivity contribution in [3.05, 3.63) is 0 Å². The molecule has 98 valence electrons. The Labute approximate surface area is 103 Å². The number of amides is 3. The molecule has 1 saturated heterocycles. The summed E-state index contributed by atoms with van der Waals surface area (Å²) < 4.78 is 0. The van der Waals surface area contributed by atoms with Gasteiger partial charge in [0.05, 0.1) is 0 Å². The van der Waals surface area contributed by atoms with E-state index in [4.69, 9.17) is 0 Å². The maximum absolute atomic E-state index is 11.7. The van der Waals surface area contributed by atoms with E-state index in [-0.39, 0.29) is 11.9 Å². The summed E-state index contributed by atoms with van der Waals surface area (Å²) in [4.78, 5) is 26.9. The monoisotopic (exact) mass is 241 g/mol. The first-order chi connectivity index (χ1) is 8.19. The van der Waals surface area contributed by atoms with E-state index in [0.717, 1.165) is 25.9 Å². The number of carbonyl (C=O) groups is 2. The number of hydrogen-bond donors (Lipinski definition) is 1. The van der Waals surface area contributed by atoms with E-state index >= 15 is 0 Å². The number of nitrogens with zero attached hydrogens (tertiary/aromatic N) is 2. The first kappa shape index (κ1) is 13.8. The molecule has 0 spiro atoms. The van der Waals surface area contributed by atoms with Gasteiger partial charge in [-0.1, -0.05) is 0 Å². The highest BCUT2D eigenvalue weighted by Crippen LogP contribution is 2.08. The molecule has 1 fully saturated rings. The molecular weight excluding hydrogens is 218 g/mol. The summed E-state index contributed by atoms with van der Waals surface area (Å²) in [6, 6.07) is -0.0794. The van der Waals surface area contributed by atoms with Gasteiger partial charge in [0.25, 0.3) is 0 Å². The second kappa shape index (κ2) is 7.14. The second-order valence-corrected chi connectivity index (χ2v) is 4.24. The SMILES string of the molecule is CCN(CC)C(=O)NCCC(=O)N1CCCC1. The number of rotatable bonds is 5. The fourth-order valence-electron chi connectivity index (χ4n) is 2.02. The van der Waals surface area contributed by atoms with Gasteiger partial charge in [0.2, 0.25) is 5.91 Å². The number of carbonyl (C=O) groups excluding carboxylic acids is 2. The zero-order valence-corrected chi connectivity index (χ0v) is 10.9. The maximum atomic E-state index is 11.7. The van der Waals surface area contributed by atoms with Crippen LogP contribution in [0.2, 0.25) is 0 Å². The molecule has 1 N–H and O–H groups in total. The van der Waals surface area contributed by atoms with E-state index in [1.807, 2.05) is 18.7 Å². The molecule has 3 amide bonds. The molecule has 0 aromatic heterocycles. The molecule has 17 heavy (non-hydrogen) atoms. The first-order valence-electron chi connectivity index (χ1n) is 6.49. The molecule has 0 bridgehead atoms. The summed E-state index contributed by atoms with van der Waals surface area (Å²) in [6.07, 6.45) is 2.63. The molecule has 1 rings (SSSR count). The zero-order chi connectivity index (χ0) is 12.7. The van der Waals surface area contributed by atoms with Crippen LogP contribution in [0.5, 0.6) is 0 Å².